The van der Waals surface area contributed by atoms with Crippen LogP contribution in [0.1, 0.15) is 10.4 Å². The molecule has 1 aliphatic rings. The molecule has 0 atom stereocenters. The van der Waals surface area contributed by atoms with E-state index in [1.165, 1.54) is 11.3 Å². The van der Waals surface area contributed by atoms with E-state index in [4.69, 9.17) is 14.5 Å². The summed E-state index contributed by atoms with van der Waals surface area (Å²) in [5, 5.41) is 0.697. The van der Waals surface area contributed by atoms with Crippen molar-refractivity contribution in [1.82, 2.24) is 9.88 Å². The summed E-state index contributed by atoms with van der Waals surface area (Å²) in [5.74, 6) is 0.724. The van der Waals surface area contributed by atoms with E-state index >= 15 is 0 Å². The highest BCUT2D eigenvalue weighted by atomic mass is 79.9. The van der Waals surface area contributed by atoms with Crippen molar-refractivity contribution in [1.29, 1.82) is 0 Å². The lowest BCUT2D eigenvalue weighted by Crippen LogP contribution is -2.43. The van der Waals surface area contributed by atoms with Crippen LogP contribution in [0.4, 0.5) is 5.13 Å². The van der Waals surface area contributed by atoms with Crippen LogP contribution < -0.4 is 9.64 Å². The smallest absolute Gasteiger partial charge is 0.261 e. The van der Waals surface area contributed by atoms with Crippen molar-refractivity contribution in [2.75, 3.05) is 51.4 Å². The summed E-state index contributed by atoms with van der Waals surface area (Å²) < 4.78 is 12.5. The van der Waals surface area contributed by atoms with Gasteiger partial charge in [0.05, 0.1) is 36.1 Å². The molecule has 8 heteroatoms. The van der Waals surface area contributed by atoms with Gasteiger partial charge in [-0.2, -0.15) is 0 Å². The molecule has 2 aromatic carbocycles. The largest absolute Gasteiger partial charge is 0.497 e. The number of ether oxygens (including phenoxy) is 2. The SMILES string of the molecule is COc1ccc2nc(N(CCN3CCOCC3)C(=O)c3ccccc3Br)sc2c1. The van der Waals surface area contributed by atoms with E-state index in [2.05, 4.69) is 20.8 Å². The van der Waals surface area contributed by atoms with Gasteiger partial charge >= 0.3 is 0 Å². The van der Waals surface area contributed by atoms with Gasteiger partial charge in [0.1, 0.15) is 5.75 Å². The van der Waals surface area contributed by atoms with E-state index in [1.807, 2.05) is 42.5 Å². The van der Waals surface area contributed by atoms with Crippen LogP contribution in [-0.4, -0.2) is 62.3 Å². The van der Waals surface area contributed by atoms with Crippen LogP contribution in [0.25, 0.3) is 10.2 Å². The van der Waals surface area contributed by atoms with Crippen LogP contribution >= 0.6 is 27.3 Å². The molecule has 3 aromatic rings. The molecule has 0 unspecified atom stereocenters. The summed E-state index contributed by atoms with van der Waals surface area (Å²) in [7, 11) is 1.65. The predicted octanol–water partition coefficient (Wildman–Crippen LogP) is 4.05. The van der Waals surface area contributed by atoms with Crippen LogP contribution in [0.2, 0.25) is 0 Å². The van der Waals surface area contributed by atoms with Crippen molar-refractivity contribution in [3.05, 3.63) is 52.5 Å². The Labute approximate surface area is 182 Å². The monoisotopic (exact) mass is 475 g/mol. The first kappa shape index (κ1) is 20.3. The summed E-state index contributed by atoms with van der Waals surface area (Å²) in [6.45, 7) is 4.58. The fourth-order valence-corrected chi connectivity index (χ4v) is 4.74. The first-order chi connectivity index (χ1) is 14.2. The third kappa shape index (κ3) is 4.61. The lowest BCUT2D eigenvalue weighted by atomic mass is 10.2. The van der Waals surface area contributed by atoms with Crippen LogP contribution in [0.5, 0.6) is 5.75 Å². The number of thiazole rings is 1. The maximum absolute atomic E-state index is 13.4. The summed E-state index contributed by atoms with van der Waals surface area (Å²) in [6, 6.07) is 13.3. The number of anilines is 1. The Balaban J connectivity index is 1.65. The van der Waals surface area contributed by atoms with Crippen molar-refractivity contribution in [2.45, 2.75) is 0 Å². The van der Waals surface area contributed by atoms with Crippen molar-refractivity contribution in [2.24, 2.45) is 0 Å². The number of carbonyl (C=O) groups is 1. The van der Waals surface area contributed by atoms with Gasteiger partial charge in [-0.3, -0.25) is 14.6 Å². The first-order valence-corrected chi connectivity index (χ1v) is 11.1. The minimum Gasteiger partial charge on any atom is -0.497 e. The van der Waals surface area contributed by atoms with Gasteiger partial charge < -0.3 is 9.47 Å². The first-order valence-electron chi connectivity index (χ1n) is 9.47. The molecular formula is C21H22BrN3O3S. The molecule has 0 aliphatic carbocycles. The second-order valence-electron chi connectivity index (χ2n) is 6.72. The number of benzene rings is 2. The maximum atomic E-state index is 13.4. The maximum Gasteiger partial charge on any atom is 0.261 e. The molecule has 1 fully saturated rings. The van der Waals surface area contributed by atoms with Crippen molar-refractivity contribution in [3.8, 4) is 5.75 Å². The molecule has 0 N–H and O–H groups in total. The highest BCUT2D eigenvalue weighted by Gasteiger charge is 2.24. The van der Waals surface area contributed by atoms with Crippen LogP contribution in [0.3, 0.4) is 0 Å². The number of amides is 1. The van der Waals surface area contributed by atoms with Gasteiger partial charge in [-0.05, 0) is 46.3 Å². The molecule has 1 aliphatic heterocycles. The molecule has 0 saturated carbocycles. The molecule has 0 bridgehead atoms. The van der Waals surface area contributed by atoms with Gasteiger partial charge in [-0.15, -0.1) is 0 Å². The van der Waals surface area contributed by atoms with Gasteiger partial charge in [-0.25, -0.2) is 4.98 Å². The third-order valence-corrected chi connectivity index (χ3v) is 6.64. The molecule has 29 heavy (non-hydrogen) atoms. The summed E-state index contributed by atoms with van der Waals surface area (Å²) in [6.07, 6.45) is 0. The zero-order valence-electron chi connectivity index (χ0n) is 16.1. The third-order valence-electron chi connectivity index (χ3n) is 4.91. The van der Waals surface area contributed by atoms with E-state index in [1.54, 1.807) is 12.0 Å². The van der Waals surface area contributed by atoms with E-state index in [0.29, 0.717) is 17.2 Å². The average molecular weight is 476 g/mol. The normalized spacial score (nSPS) is 14.8. The van der Waals surface area contributed by atoms with E-state index in [9.17, 15) is 4.79 Å². The van der Waals surface area contributed by atoms with Gasteiger partial charge in [0.25, 0.3) is 5.91 Å². The van der Waals surface area contributed by atoms with Gasteiger partial charge in [0.2, 0.25) is 0 Å². The molecule has 4 rings (SSSR count). The zero-order chi connectivity index (χ0) is 20.2. The Morgan fingerprint density at radius 3 is 2.83 bits per heavy atom. The Morgan fingerprint density at radius 2 is 2.07 bits per heavy atom. The molecule has 1 saturated heterocycles. The van der Waals surface area contributed by atoms with E-state index in [0.717, 1.165) is 53.3 Å². The number of halogens is 1. The number of hydrogen-bond acceptors (Lipinski definition) is 6. The zero-order valence-corrected chi connectivity index (χ0v) is 18.5. The molecule has 152 valence electrons. The predicted molar refractivity (Wildman–Crippen MR) is 119 cm³/mol. The van der Waals surface area contributed by atoms with Crippen LogP contribution in [0.15, 0.2) is 46.9 Å². The number of rotatable bonds is 6. The highest BCUT2D eigenvalue weighted by Crippen LogP contribution is 2.32. The highest BCUT2D eigenvalue weighted by molar-refractivity contribution is 9.10. The van der Waals surface area contributed by atoms with E-state index < -0.39 is 0 Å². The fourth-order valence-electron chi connectivity index (χ4n) is 3.27. The minimum absolute atomic E-state index is 0.0586. The average Bonchev–Trinajstić information content (AvgIpc) is 3.17. The quantitative estimate of drug-likeness (QED) is 0.538. The molecular weight excluding hydrogens is 454 g/mol. The number of nitrogens with zero attached hydrogens (tertiary/aromatic N) is 3. The van der Waals surface area contributed by atoms with Crippen molar-refractivity contribution in [3.63, 3.8) is 0 Å². The van der Waals surface area contributed by atoms with Gasteiger partial charge in [0.15, 0.2) is 5.13 Å². The number of methoxy groups -OCH3 is 1. The Hall–Kier alpha value is -2.00. The van der Waals surface area contributed by atoms with Crippen LogP contribution in [0, 0.1) is 0 Å². The molecule has 0 radical (unpaired) electrons. The topological polar surface area (TPSA) is 54.9 Å². The van der Waals surface area contributed by atoms with Crippen molar-refractivity contribution >= 4 is 48.5 Å². The van der Waals surface area contributed by atoms with Gasteiger partial charge in [-0.1, -0.05) is 23.5 Å². The summed E-state index contributed by atoms with van der Waals surface area (Å²) >= 11 is 5.02. The molecule has 1 amide bonds. The fraction of sp³-hybridized carbons (Fsp3) is 0.333. The second-order valence-corrected chi connectivity index (χ2v) is 8.58. The second kappa shape index (κ2) is 9.21. The molecule has 0 spiro atoms. The van der Waals surface area contributed by atoms with Crippen LogP contribution in [-0.2, 0) is 4.74 Å². The number of hydrogen-bond donors (Lipinski definition) is 0. The Kier molecular flexibility index (Phi) is 6.44. The lowest BCUT2D eigenvalue weighted by molar-refractivity contribution is 0.0391. The van der Waals surface area contributed by atoms with Gasteiger partial charge in [0, 0.05) is 30.7 Å². The molecule has 2 heterocycles. The Morgan fingerprint density at radius 1 is 1.28 bits per heavy atom. The Bertz CT molecular complexity index is 1000. The summed E-state index contributed by atoms with van der Waals surface area (Å²) in [4.78, 5) is 22.3. The lowest BCUT2D eigenvalue weighted by Gasteiger charge is -2.29. The number of aromatic nitrogens is 1. The van der Waals surface area contributed by atoms with E-state index in [-0.39, 0.29) is 5.91 Å². The summed E-state index contributed by atoms with van der Waals surface area (Å²) in [5.41, 5.74) is 1.49. The number of carbonyl (C=O) groups excluding carboxylic acids is 1. The standard InChI is InChI=1S/C21H22BrN3O3S/c1-27-15-6-7-18-19(14-15)29-21(23-18)25(9-8-24-10-12-28-13-11-24)20(26)16-4-2-3-5-17(16)22/h2-7,14H,8-13H2,1H3. The minimum atomic E-state index is -0.0586. The number of morpholine rings is 1. The molecule has 1 aromatic heterocycles. The van der Waals surface area contributed by atoms with Crippen molar-refractivity contribution < 1.29 is 14.3 Å². The number of fused-ring (bicyclic) bond motifs is 1. The molecule has 6 nitrogen and oxygen atoms in total.